The van der Waals surface area contributed by atoms with Gasteiger partial charge in [-0.2, -0.15) is 0 Å². The highest BCUT2D eigenvalue weighted by atomic mass is 28.1. The highest BCUT2D eigenvalue weighted by molar-refractivity contribution is 6.14. The summed E-state index contributed by atoms with van der Waals surface area (Å²) in [6.07, 6.45) is 6.03. The van der Waals surface area contributed by atoms with Crippen LogP contribution in [0.25, 0.3) is 0 Å². The third kappa shape index (κ3) is 1.30. The molecule has 1 aliphatic carbocycles. The van der Waals surface area contributed by atoms with Gasteiger partial charge in [0.05, 0.1) is 0 Å². The molecule has 1 saturated carbocycles. The molecule has 0 spiro atoms. The summed E-state index contributed by atoms with van der Waals surface area (Å²) in [7, 11) is 1.41. The molecule has 0 aliphatic heterocycles. The Kier molecular flexibility index (Phi) is 1.24. The molecule has 0 nitrogen and oxygen atoms in total. The molecular formula is C6H14Si. The minimum Gasteiger partial charge on any atom is -0.0630 e. The van der Waals surface area contributed by atoms with Gasteiger partial charge in [0.2, 0.25) is 0 Å². The molecular weight excluding hydrogens is 100 g/mol. The molecule has 0 amide bonds. The Hall–Kier alpha value is 0.217. The van der Waals surface area contributed by atoms with Crippen molar-refractivity contribution < 1.29 is 0 Å². The molecule has 42 valence electrons. The Bertz CT molecular complexity index is 58.6. The van der Waals surface area contributed by atoms with E-state index in [9.17, 15) is 0 Å². The first-order valence-electron chi connectivity index (χ1n) is 3.21. The van der Waals surface area contributed by atoms with E-state index < -0.39 is 0 Å². The van der Waals surface area contributed by atoms with Crippen molar-refractivity contribution in [3.05, 3.63) is 0 Å². The van der Waals surface area contributed by atoms with Crippen molar-refractivity contribution in [2.24, 2.45) is 0 Å². The maximum atomic E-state index is 2.42. The van der Waals surface area contributed by atoms with Crippen molar-refractivity contribution in [1.29, 1.82) is 0 Å². The van der Waals surface area contributed by atoms with Gasteiger partial charge >= 0.3 is 0 Å². The summed E-state index contributed by atoms with van der Waals surface area (Å²) < 4.78 is 0. The van der Waals surface area contributed by atoms with Gasteiger partial charge in [0.15, 0.2) is 0 Å². The van der Waals surface area contributed by atoms with Crippen molar-refractivity contribution in [2.45, 2.75) is 37.6 Å². The van der Waals surface area contributed by atoms with E-state index in [-0.39, 0.29) is 0 Å². The lowest BCUT2D eigenvalue weighted by Crippen LogP contribution is -1.98. The van der Waals surface area contributed by atoms with Crippen LogP contribution in [0.3, 0.4) is 0 Å². The topological polar surface area (TPSA) is 0 Å². The van der Waals surface area contributed by atoms with Crippen molar-refractivity contribution in [1.82, 2.24) is 0 Å². The predicted molar refractivity (Wildman–Crippen MR) is 36.8 cm³/mol. The van der Waals surface area contributed by atoms with Crippen LogP contribution in [0.2, 0.25) is 5.04 Å². The predicted octanol–water partition coefficient (Wildman–Crippen LogP) is 1.10. The molecule has 0 radical (unpaired) electrons. The fraction of sp³-hybridized carbons (Fsp3) is 1.00. The zero-order valence-electron chi connectivity index (χ0n) is 5.33. The first-order chi connectivity index (χ1) is 3.21. The van der Waals surface area contributed by atoms with Gasteiger partial charge in [-0.25, -0.2) is 0 Å². The first kappa shape index (κ1) is 5.36. The van der Waals surface area contributed by atoms with Gasteiger partial charge in [-0.3, -0.25) is 0 Å². The van der Waals surface area contributed by atoms with Gasteiger partial charge in [0.1, 0.15) is 0 Å². The van der Waals surface area contributed by atoms with E-state index in [4.69, 9.17) is 0 Å². The largest absolute Gasteiger partial charge is 0.0630 e. The summed E-state index contributed by atoms with van der Waals surface area (Å²) in [5.74, 6) is 0. The summed E-state index contributed by atoms with van der Waals surface area (Å²) in [6, 6.07) is 0. The molecule has 7 heavy (non-hydrogen) atoms. The average molecular weight is 114 g/mol. The SMILES string of the molecule is CC1([SiH3])CCCC1. The minimum absolute atomic E-state index is 0.833. The van der Waals surface area contributed by atoms with Gasteiger partial charge < -0.3 is 0 Å². The highest BCUT2D eigenvalue weighted by Gasteiger charge is 2.21. The molecule has 0 aromatic carbocycles. The molecule has 1 aliphatic rings. The van der Waals surface area contributed by atoms with Crippen LogP contribution in [0.4, 0.5) is 0 Å². The maximum absolute atomic E-state index is 2.42. The van der Waals surface area contributed by atoms with Gasteiger partial charge in [-0.05, 0) is 5.04 Å². The summed E-state index contributed by atoms with van der Waals surface area (Å²) >= 11 is 0. The minimum atomic E-state index is 0.833. The van der Waals surface area contributed by atoms with E-state index in [1.54, 1.807) is 0 Å². The first-order valence-corrected chi connectivity index (χ1v) is 4.21. The second kappa shape index (κ2) is 1.62. The highest BCUT2D eigenvalue weighted by Crippen LogP contribution is 2.40. The maximum Gasteiger partial charge on any atom is 0.0103 e. The molecule has 0 saturated heterocycles. The van der Waals surface area contributed by atoms with Crippen LogP contribution in [0.5, 0.6) is 0 Å². The molecule has 1 fully saturated rings. The van der Waals surface area contributed by atoms with Crippen LogP contribution in [-0.2, 0) is 0 Å². The Balaban J connectivity index is 2.40. The van der Waals surface area contributed by atoms with Gasteiger partial charge in [0, 0.05) is 10.2 Å². The van der Waals surface area contributed by atoms with Crippen molar-refractivity contribution in [3.8, 4) is 0 Å². The third-order valence-electron chi connectivity index (χ3n) is 1.96. The second-order valence-electron chi connectivity index (χ2n) is 3.37. The van der Waals surface area contributed by atoms with Crippen LogP contribution in [-0.4, -0.2) is 10.2 Å². The molecule has 0 atom stereocenters. The van der Waals surface area contributed by atoms with Crippen molar-refractivity contribution >= 4 is 10.2 Å². The second-order valence-corrected chi connectivity index (χ2v) is 5.79. The molecule has 0 heterocycles. The fourth-order valence-corrected chi connectivity index (χ4v) is 2.04. The Morgan fingerprint density at radius 3 is 1.86 bits per heavy atom. The number of hydrogen-bond donors (Lipinski definition) is 0. The zero-order valence-corrected chi connectivity index (χ0v) is 7.33. The van der Waals surface area contributed by atoms with E-state index in [2.05, 4.69) is 6.92 Å². The van der Waals surface area contributed by atoms with Crippen LogP contribution in [0.15, 0.2) is 0 Å². The summed E-state index contributed by atoms with van der Waals surface area (Å²) in [4.78, 5) is 0. The lowest BCUT2D eigenvalue weighted by Gasteiger charge is -2.13. The standard InChI is InChI=1S/C6H14Si/c1-6(7)4-2-3-5-6/h2-5H2,1,7H3. The molecule has 1 rings (SSSR count). The lowest BCUT2D eigenvalue weighted by molar-refractivity contribution is 0.641. The van der Waals surface area contributed by atoms with E-state index >= 15 is 0 Å². The lowest BCUT2D eigenvalue weighted by atomic mass is 10.1. The molecule has 0 aromatic heterocycles. The van der Waals surface area contributed by atoms with Gasteiger partial charge in [0.25, 0.3) is 0 Å². The molecule has 0 aromatic rings. The molecule has 0 N–H and O–H groups in total. The molecule has 1 heteroatoms. The zero-order chi connectivity index (χ0) is 5.33. The normalized spacial score (nSPS) is 28.7. The number of hydrogen-bond acceptors (Lipinski definition) is 0. The smallest absolute Gasteiger partial charge is 0.0103 e. The monoisotopic (exact) mass is 114 g/mol. The van der Waals surface area contributed by atoms with E-state index in [1.807, 2.05) is 0 Å². The van der Waals surface area contributed by atoms with Gasteiger partial charge in [-0.1, -0.05) is 32.6 Å². The number of rotatable bonds is 0. The fourth-order valence-electron chi connectivity index (χ4n) is 1.33. The Morgan fingerprint density at radius 1 is 1.29 bits per heavy atom. The molecule has 0 bridgehead atoms. The third-order valence-corrected chi connectivity index (χ3v) is 2.96. The van der Waals surface area contributed by atoms with E-state index in [0.717, 1.165) is 5.04 Å². The summed E-state index contributed by atoms with van der Waals surface area (Å²) in [6.45, 7) is 2.42. The van der Waals surface area contributed by atoms with E-state index in [0.29, 0.717) is 0 Å². The van der Waals surface area contributed by atoms with E-state index in [1.165, 1.54) is 35.9 Å². The quantitative estimate of drug-likeness (QED) is 0.414. The van der Waals surface area contributed by atoms with Crippen LogP contribution in [0.1, 0.15) is 32.6 Å². The average Bonchev–Trinajstić information content (AvgIpc) is 1.84. The van der Waals surface area contributed by atoms with Gasteiger partial charge in [-0.15, -0.1) is 0 Å². The summed E-state index contributed by atoms with van der Waals surface area (Å²) in [5, 5.41) is 0.833. The summed E-state index contributed by atoms with van der Waals surface area (Å²) in [5.41, 5.74) is 0. The molecule has 0 unspecified atom stereocenters. The van der Waals surface area contributed by atoms with Crippen LogP contribution in [0, 0.1) is 0 Å². The Morgan fingerprint density at radius 2 is 1.71 bits per heavy atom. The van der Waals surface area contributed by atoms with Crippen LogP contribution >= 0.6 is 0 Å². The Labute approximate surface area is 48.7 Å². The van der Waals surface area contributed by atoms with Crippen molar-refractivity contribution in [3.63, 3.8) is 0 Å². The van der Waals surface area contributed by atoms with Crippen molar-refractivity contribution in [2.75, 3.05) is 0 Å². The van der Waals surface area contributed by atoms with Crippen LogP contribution < -0.4 is 0 Å².